The highest BCUT2D eigenvalue weighted by Gasteiger charge is 2.29. The number of hydrogen-bond donors (Lipinski definition) is 0. The van der Waals surface area contributed by atoms with Crippen molar-refractivity contribution in [2.45, 2.75) is 31.7 Å². The van der Waals surface area contributed by atoms with Crippen LogP contribution in [-0.2, 0) is 0 Å². The highest BCUT2D eigenvalue weighted by atomic mass is 15.2. The molecule has 1 aromatic carbocycles. The lowest BCUT2D eigenvalue weighted by Gasteiger charge is -2.31. The Morgan fingerprint density at radius 2 is 1.84 bits per heavy atom. The number of nitrogens with zero attached hydrogens (tertiary/aromatic N) is 3. The smallest absolute Gasteiger partial charge is 0.137 e. The van der Waals surface area contributed by atoms with Crippen molar-refractivity contribution in [3.05, 3.63) is 90.0 Å². The first kappa shape index (κ1) is 14.5. The first-order valence-corrected chi connectivity index (χ1v) is 8.98. The van der Waals surface area contributed by atoms with E-state index >= 15 is 0 Å². The highest BCUT2D eigenvalue weighted by Crippen LogP contribution is 2.41. The maximum absolute atomic E-state index is 4.85. The van der Waals surface area contributed by atoms with Gasteiger partial charge in [0.2, 0.25) is 0 Å². The monoisotopic (exact) mass is 327 g/mol. The normalized spacial score (nSPS) is 19.7. The second-order valence-electron chi connectivity index (χ2n) is 6.96. The van der Waals surface area contributed by atoms with Gasteiger partial charge in [-0.25, -0.2) is 4.98 Å². The number of benzene rings is 1. The molecule has 1 aliphatic carbocycles. The van der Waals surface area contributed by atoms with E-state index in [-0.39, 0.29) is 6.04 Å². The fraction of sp³-hybridized carbons (Fsp3) is 0.227. The van der Waals surface area contributed by atoms with Crippen LogP contribution in [0.25, 0.3) is 5.65 Å². The van der Waals surface area contributed by atoms with E-state index in [9.17, 15) is 0 Å². The minimum absolute atomic E-state index is 0.218. The number of fused-ring (bicyclic) bond motifs is 1. The van der Waals surface area contributed by atoms with Crippen LogP contribution in [0.1, 0.15) is 41.8 Å². The Morgan fingerprint density at radius 1 is 1.00 bits per heavy atom. The Kier molecular flexibility index (Phi) is 3.27. The molecule has 3 nitrogen and oxygen atoms in total. The quantitative estimate of drug-likeness (QED) is 0.663. The number of rotatable bonds is 3. The van der Waals surface area contributed by atoms with Crippen molar-refractivity contribution >= 4 is 11.3 Å². The zero-order valence-electron chi connectivity index (χ0n) is 14.3. The zero-order chi connectivity index (χ0) is 16.8. The van der Waals surface area contributed by atoms with Crippen molar-refractivity contribution in [1.29, 1.82) is 0 Å². The molecule has 3 heteroatoms. The number of imidazole rings is 1. The maximum Gasteiger partial charge on any atom is 0.137 e. The predicted molar refractivity (Wildman–Crippen MR) is 102 cm³/mol. The van der Waals surface area contributed by atoms with Gasteiger partial charge in [0.05, 0.1) is 17.4 Å². The summed E-state index contributed by atoms with van der Waals surface area (Å²) in [6.45, 7) is 2.19. The van der Waals surface area contributed by atoms with Crippen molar-refractivity contribution in [3.8, 4) is 0 Å². The Morgan fingerprint density at radius 3 is 2.64 bits per heavy atom. The largest absolute Gasteiger partial charge is 0.336 e. The average Bonchev–Trinajstić information content (AvgIpc) is 3.47. The molecule has 124 valence electrons. The summed E-state index contributed by atoms with van der Waals surface area (Å²) >= 11 is 0. The molecule has 1 saturated carbocycles. The predicted octanol–water partition coefficient (Wildman–Crippen LogP) is 5.15. The average molecular weight is 327 g/mol. The second-order valence-corrected chi connectivity index (χ2v) is 6.96. The van der Waals surface area contributed by atoms with Gasteiger partial charge >= 0.3 is 0 Å². The van der Waals surface area contributed by atoms with Crippen LogP contribution in [0.4, 0.5) is 5.69 Å². The van der Waals surface area contributed by atoms with E-state index < -0.39 is 0 Å². The van der Waals surface area contributed by atoms with Gasteiger partial charge in [-0.15, -0.1) is 0 Å². The third kappa shape index (κ3) is 2.47. The van der Waals surface area contributed by atoms with Crippen LogP contribution in [0.15, 0.2) is 73.1 Å². The number of anilines is 1. The summed E-state index contributed by atoms with van der Waals surface area (Å²) < 4.78 is 2.25. The summed E-state index contributed by atoms with van der Waals surface area (Å²) in [5.41, 5.74) is 6.10. The Labute approximate surface area is 147 Å². The molecule has 0 N–H and O–H groups in total. The maximum atomic E-state index is 4.85. The SMILES string of the molecule is Cc1c(C2CC2)nc2ccc(N3C=CC=CC3c3ccccc3)cn12. The summed E-state index contributed by atoms with van der Waals surface area (Å²) in [5.74, 6) is 0.679. The number of aromatic nitrogens is 2. The van der Waals surface area contributed by atoms with Gasteiger partial charge in [0.25, 0.3) is 0 Å². The molecule has 0 bridgehead atoms. The van der Waals surface area contributed by atoms with Gasteiger partial charge in [-0.3, -0.25) is 0 Å². The van der Waals surface area contributed by atoms with E-state index in [0.717, 1.165) is 5.65 Å². The molecule has 1 unspecified atom stereocenters. The topological polar surface area (TPSA) is 20.5 Å². The Balaban J connectivity index is 1.58. The molecule has 0 amide bonds. The Hall–Kier alpha value is -2.81. The lowest BCUT2D eigenvalue weighted by atomic mass is 10.0. The summed E-state index contributed by atoms with van der Waals surface area (Å²) in [6, 6.07) is 15.2. The third-order valence-corrected chi connectivity index (χ3v) is 5.23. The minimum atomic E-state index is 0.218. The summed E-state index contributed by atoms with van der Waals surface area (Å²) in [4.78, 5) is 7.17. The van der Waals surface area contributed by atoms with E-state index in [1.54, 1.807) is 0 Å². The fourth-order valence-electron chi connectivity index (χ4n) is 3.73. The van der Waals surface area contributed by atoms with Gasteiger partial charge in [0, 0.05) is 24.0 Å². The molecule has 2 aliphatic rings. The molecular formula is C22H21N3. The molecule has 25 heavy (non-hydrogen) atoms. The van der Waals surface area contributed by atoms with Crippen molar-refractivity contribution in [3.63, 3.8) is 0 Å². The van der Waals surface area contributed by atoms with Crippen molar-refractivity contribution in [2.24, 2.45) is 0 Å². The van der Waals surface area contributed by atoms with Crippen LogP contribution in [-0.4, -0.2) is 9.38 Å². The van der Waals surface area contributed by atoms with Gasteiger partial charge in [0.1, 0.15) is 5.65 Å². The number of aryl methyl sites for hydroxylation is 1. The van der Waals surface area contributed by atoms with Crippen LogP contribution in [0.5, 0.6) is 0 Å². The Bertz CT molecular complexity index is 977. The molecule has 0 spiro atoms. The minimum Gasteiger partial charge on any atom is -0.336 e. The molecule has 5 rings (SSSR count). The van der Waals surface area contributed by atoms with Gasteiger partial charge < -0.3 is 9.30 Å². The summed E-state index contributed by atoms with van der Waals surface area (Å²) in [6.07, 6.45) is 13.4. The molecule has 1 atom stereocenters. The van der Waals surface area contributed by atoms with Crippen LogP contribution in [0.3, 0.4) is 0 Å². The third-order valence-electron chi connectivity index (χ3n) is 5.23. The van der Waals surface area contributed by atoms with E-state index in [4.69, 9.17) is 4.98 Å². The molecule has 1 aliphatic heterocycles. The molecular weight excluding hydrogens is 306 g/mol. The second kappa shape index (κ2) is 5.62. The first-order valence-electron chi connectivity index (χ1n) is 8.98. The summed E-state index contributed by atoms with van der Waals surface area (Å²) in [5, 5.41) is 0. The van der Waals surface area contributed by atoms with Crippen LogP contribution < -0.4 is 4.90 Å². The van der Waals surface area contributed by atoms with Crippen LogP contribution in [0.2, 0.25) is 0 Å². The first-order chi connectivity index (χ1) is 12.3. The number of pyridine rings is 1. The van der Waals surface area contributed by atoms with Gasteiger partial charge in [-0.05, 0) is 43.5 Å². The van der Waals surface area contributed by atoms with E-state index in [0.29, 0.717) is 5.92 Å². The summed E-state index contributed by atoms with van der Waals surface area (Å²) in [7, 11) is 0. The van der Waals surface area contributed by atoms with E-state index in [1.807, 2.05) is 0 Å². The van der Waals surface area contributed by atoms with Crippen molar-refractivity contribution < 1.29 is 0 Å². The van der Waals surface area contributed by atoms with Gasteiger partial charge in [-0.1, -0.05) is 42.5 Å². The van der Waals surface area contributed by atoms with Crippen molar-refractivity contribution in [2.75, 3.05) is 4.90 Å². The van der Waals surface area contributed by atoms with Gasteiger partial charge in [-0.2, -0.15) is 0 Å². The highest BCUT2D eigenvalue weighted by molar-refractivity contribution is 5.59. The molecule has 2 aromatic heterocycles. The molecule has 1 fully saturated rings. The molecule has 3 heterocycles. The lowest BCUT2D eigenvalue weighted by molar-refractivity contribution is 0.830. The van der Waals surface area contributed by atoms with E-state index in [2.05, 4.69) is 89.3 Å². The van der Waals surface area contributed by atoms with Gasteiger partial charge in [0.15, 0.2) is 0 Å². The molecule has 0 saturated heterocycles. The standard InChI is InChI=1S/C22H21N3/c1-16-22(18-10-11-18)23-21-13-12-19(15-25(16)21)24-14-6-5-9-20(24)17-7-3-2-4-8-17/h2-9,12-15,18,20H,10-11H2,1H3. The van der Waals surface area contributed by atoms with Crippen LogP contribution >= 0.6 is 0 Å². The molecule has 3 aromatic rings. The van der Waals surface area contributed by atoms with Crippen molar-refractivity contribution in [1.82, 2.24) is 9.38 Å². The fourth-order valence-corrected chi connectivity index (χ4v) is 3.73. The zero-order valence-corrected chi connectivity index (χ0v) is 14.3. The molecule has 0 radical (unpaired) electrons. The number of hydrogen-bond acceptors (Lipinski definition) is 2. The number of allylic oxidation sites excluding steroid dienone is 2. The van der Waals surface area contributed by atoms with E-state index in [1.165, 1.54) is 35.5 Å². The van der Waals surface area contributed by atoms with Crippen LogP contribution in [0, 0.1) is 6.92 Å². The lowest BCUT2D eigenvalue weighted by Crippen LogP contribution is -2.23.